The minimum Gasteiger partial charge on any atom is -0.207 e. The molecule has 0 aliphatic carbocycles. The van der Waals surface area contributed by atoms with Crippen LogP contribution in [0.15, 0.2) is 46.7 Å². The molecule has 1 aromatic heterocycles. The van der Waals surface area contributed by atoms with Crippen LogP contribution >= 0.6 is 11.3 Å². The number of rotatable bonds is 5. The highest BCUT2D eigenvalue weighted by Gasteiger charge is 2.18. The first-order chi connectivity index (χ1) is 9.53. The van der Waals surface area contributed by atoms with Crippen LogP contribution in [0.25, 0.3) is 0 Å². The van der Waals surface area contributed by atoms with Crippen LogP contribution in [0.1, 0.15) is 23.4 Å². The summed E-state index contributed by atoms with van der Waals surface area (Å²) in [6.45, 7) is 1.81. The predicted molar refractivity (Wildman–Crippen MR) is 78.8 cm³/mol. The van der Waals surface area contributed by atoms with Crippen molar-refractivity contribution in [2.45, 2.75) is 24.3 Å². The maximum absolute atomic E-state index is 12.2. The Bertz CT molecular complexity index is 699. The molecule has 0 spiro atoms. The molecular weight excluding hydrogens is 292 g/mol. The van der Waals surface area contributed by atoms with Gasteiger partial charge in [-0.1, -0.05) is 18.2 Å². The van der Waals surface area contributed by atoms with Crippen LogP contribution in [-0.4, -0.2) is 8.42 Å². The van der Waals surface area contributed by atoms with E-state index in [9.17, 15) is 8.42 Å². The van der Waals surface area contributed by atoms with Crippen LogP contribution in [0.4, 0.5) is 0 Å². The van der Waals surface area contributed by atoms with E-state index < -0.39 is 10.0 Å². The van der Waals surface area contributed by atoms with E-state index in [0.29, 0.717) is 0 Å². The van der Waals surface area contributed by atoms with Gasteiger partial charge in [-0.15, -0.1) is 11.3 Å². The first-order valence-corrected chi connectivity index (χ1v) is 8.41. The second kappa shape index (κ2) is 6.18. The van der Waals surface area contributed by atoms with Crippen LogP contribution in [0.3, 0.4) is 0 Å². The minimum atomic E-state index is -3.54. The molecule has 2 aromatic rings. The molecule has 0 saturated carbocycles. The van der Waals surface area contributed by atoms with Gasteiger partial charge in [-0.2, -0.15) is 5.26 Å². The van der Waals surface area contributed by atoms with Crippen molar-refractivity contribution in [3.63, 3.8) is 0 Å². The van der Waals surface area contributed by atoms with Crippen molar-refractivity contribution < 1.29 is 8.42 Å². The molecule has 0 radical (unpaired) electrons. The Labute approximate surface area is 122 Å². The normalized spacial score (nSPS) is 12.8. The van der Waals surface area contributed by atoms with Gasteiger partial charge >= 0.3 is 0 Å². The number of hydrogen-bond donors (Lipinski definition) is 1. The third kappa shape index (κ3) is 3.45. The molecule has 1 atom stereocenters. The third-order valence-corrected chi connectivity index (χ3v) is 5.43. The van der Waals surface area contributed by atoms with E-state index in [1.165, 1.54) is 23.5 Å². The summed E-state index contributed by atoms with van der Waals surface area (Å²) in [7, 11) is -3.54. The number of benzene rings is 1. The zero-order valence-electron chi connectivity index (χ0n) is 10.9. The lowest BCUT2D eigenvalue weighted by Crippen LogP contribution is -2.26. The molecule has 104 valence electrons. The SMILES string of the molecule is CC(NS(=O)(=O)c1ccc(CC#N)cc1)c1cccs1. The third-order valence-electron chi connectivity index (χ3n) is 2.82. The summed E-state index contributed by atoms with van der Waals surface area (Å²) in [4.78, 5) is 1.18. The van der Waals surface area contributed by atoms with Crippen molar-refractivity contribution in [2.24, 2.45) is 0 Å². The summed E-state index contributed by atoms with van der Waals surface area (Å²) in [6.07, 6.45) is 0.277. The maximum atomic E-state index is 12.2. The van der Waals surface area contributed by atoms with Crippen molar-refractivity contribution in [1.29, 1.82) is 5.26 Å². The average molecular weight is 306 g/mol. The zero-order chi connectivity index (χ0) is 14.6. The van der Waals surface area contributed by atoms with Crippen molar-refractivity contribution in [3.05, 3.63) is 52.2 Å². The van der Waals surface area contributed by atoms with E-state index in [1.54, 1.807) is 12.1 Å². The smallest absolute Gasteiger partial charge is 0.207 e. The number of hydrogen-bond acceptors (Lipinski definition) is 4. The van der Waals surface area contributed by atoms with Gasteiger partial charge < -0.3 is 0 Å². The lowest BCUT2D eigenvalue weighted by atomic mass is 10.2. The predicted octanol–water partition coefficient (Wildman–Crippen LogP) is 2.85. The topological polar surface area (TPSA) is 70.0 Å². The molecule has 0 fully saturated rings. The molecule has 0 saturated heterocycles. The van der Waals surface area contributed by atoms with Gasteiger partial charge in [0.05, 0.1) is 23.4 Å². The van der Waals surface area contributed by atoms with E-state index in [4.69, 9.17) is 5.26 Å². The maximum Gasteiger partial charge on any atom is 0.241 e. The summed E-state index contributed by atoms with van der Waals surface area (Å²) in [6, 6.07) is 11.9. The Morgan fingerprint density at radius 3 is 2.55 bits per heavy atom. The molecule has 1 unspecified atom stereocenters. The van der Waals surface area contributed by atoms with E-state index in [-0.39, 0.29) is 17.4 Å². The Morgan fingerprint density at radius 1 is 1.30 bits per heavy atom. The van der Waals surface area contributed by atoms with Crippen LogP contribution in [-0.2, 0) is 16.4 Å². The molecule has 20 heavy (non-hydrogen) atoms. The second-order valence-electron chi connectivity index (χ2n) is 4.34. The second-order valence-corrected chi connectivity index (χ2v) is 7.03. The molecule has 6 heteroatoms. The van der Waals surface area contributed by atoms with Gasteiger partial charge in [-0.25, -0.2) is 13.1 Å². The number of nitriles is 1. The molecule has 0 bridgehead atoms. The molecule has 0 amide bonds. The quantitative estimate of drug-likeness (QED) is 0.923. The largest absolute Gasteiger partial charge is 0.241 e. The standard InChI is InChI=1S/C14H14N2O2S2/c1-11(14-3-2-10-19-14)16-20(17,18)13-6-4-12(5-7-13)8-9-15/h2-7,10-11,16H,8H2,1H3. The molecule has 1 N–H and O–H groups in total. The molecular formula is C14H14N2O2S2. The molecule has 0 aliphatic rings. The summed E-state index contributed by atoms with van der Waals surface area (Å²) < 4.78 is 27.1. The summed E-state index contributed by atoms with van der Waals surface area (Å²) >= 11 is 1.51. The molecule has 0 aliphatic heterocycles. The van der Waals surface area contributed by atoms with E-state index >= 15 is 0 Å². The fourth-order valence-corrected chi connectivity index (χ4v) is 3.81. The number of nitrogens with zero attached hydrogens (tertiary/aromatic N) is 1. The van der Waals surface area contributed by atoms with Gasteiger partial charge in [-0.3, -0.25) is 0 Å². The van der Waals surface area contributed by atoms with Crippen molar-refractivity contribution in [2.75, 3.05) is 0 Å². The summed E-state index contributed by atoms with van der Waals surface area (Å²) in [5, 5.41) is 10.5. The highest BCUT2D eigenvalue weighted by Crippen LogP contribution is 2.21. The van der Waals surface area contributed by atoms with E-state index in [0.717, 1.165) is 10.4 Å². The number of nitrogens with one attached hydrogen (secondary N) is 1. The highest BCUT2D eigenvalue weighted by molar-refractivity contribution is 7.89. The van der Waals surface area contributed by atoms with Crippen LogP contribution in [0.2, 0.25) is 0 Å². The van der Waals surface area contributed by atoms with Crippen LogP contribution < -0.4 is 4.72 Å². The van der Waals surface area contributed by atoms with Crippen molar-refractivity contribution in [3.8, 4) is 6.07 Å². The van der Waals surface area contributed by atoms with Gasteiger partial charge in [0.2, 0.25) is 10.0 Å². The van der Waals surface area contributed by atoms with Gasteiger partial charge in [0.1, 0.15) is 0 Å². The monoisotopic (exact) mass is 306 g/mol. The molecule has 2 rings (SSSR count). The Balaban J connectivity index is 2.16. The first-order valence-electron chi connectivity index (χ1n) is 6.04. The zero-order valence-corrected chi connectivity index (χ0v) is 12.5. The van der Waals surface area contributed by atoms with Crippen LogP contribution in [0, 0.1) is 11.3 Å². The molecule has 4 nitrogen and oxygen atoms in total. The van der Waals surface area contributed by atoms with Crippen molar-refractivity contribution >= 4 is 21.4 Å². The molecule has 1 heterocycles. The van der Waals surface area contributed by atoms with Gasteiger partial charge in [0.25, 0.3) is 0 Å². The fourth-order valence-electron chi connectivity index (χ4n) is 1.77. The van der Waals surface area contributed by atoms with Crippen molar-refractivity contribution in [1.82, 2.24) is 4.72 Å². The van der Waals surface area contributed by atoms with E-state index in [2.05, 4.69) is 4.72 Å². The average Bonchev–Trinajstić information content (AvgIpc) is 2.93. The lowest BCUT2D eigenvalue weighted by Gasteiger charge is -2.13. The number of thiophene rings is 1. The Hall–Kier alpha value is -1.68. The molecule has 1 aromatic carbocycles. The minimum absolute atomic E-state index is 0.211. The lowest BCUT2D eigenvalue weighted by molar-refractivity contribution is 0.568. The highest BCUT2D eigenvalue weighted by atomic mass is 32.2. The fraction of sp³-hybridized carbons (Fsp3) is 0.214. The van der Waals surface area contributed by atoms with E-state index in [1.807, 2.05) is 30.5 Å². The summed E-state index contributed by atoms with van der Waals surface area (Å²) in [5.74, 6) is 0. The number of sulfonamides is 1. The Kier molecular flexibility index (Phi) is 4.55. The Morgan fingerprint density at radius 2 is 2.00 bits per heavy atom. The first kappa shape index (κ1) is 14.7. The van der Waals surface area contributed by atoms with Gasteiger partial charge in [0.15, 0.2) is 0 Å². The van der Waals surface area contributed by atoms with Gasteiger partial charge in [-0.05, 0) is 36.1 Å². The summed E-state index contributed by atoms with van der Waals surface area (Å²) in [5.41, 5.74) is 0.803. The van der Waals surface area contributed by atoms with Crippen LogP contribution in [0.5, 0.6) is 0 Å². The van der Waals surface area contributed by atoms with Gasteiger partial charge in [0, 0.05) is 4.88 Å².